The maximum Gasteiger partial charge on any atom is 0.320 e. The van der Waals surface area contributed by atoms with Gasteiger partial charge < -0.3 is 15.7 Å². The number of fused-ring (bicyclic) bond motifs is 3. The van der Waals surface area contributed by atoms with Crippen LogP contribution in [0, 0.1) is 0 Å². The fourth-order valence-corrected chi connectivity index (χ4v) is 2.75. The van der Waals surface area contributed by atoms with Crippen LogP contribution in [-0.4, -0.2) is 29.7 Å². The summed E-state index contributed by atoms with van der Waals surface area (Å²) in [5.41, 5.74) is 2.42. The highest BCUT2D eigenvalue weighted by molar-refractivity contribution is 5.74. The van der Waals surface area contributed by atoms with Gasteiger partial charge in [-0.2, -0.15) is 0 Å². The first-order valence-electron chi connectivity index (χ1n) is 5.57. The van der Waals surface area contributed by atoms with Crippen LogP contribution in [0.25, 0.3) is 0 Å². The number of carboxylic acids is 1. The normalized spacial score (nSPS) is 31.4. The fourth-order valence-electron chi connectivity index (χ4n) is 2.75. The van der Waals surface area contributed by atoms with Crippen molar-refractivity contribution >= 4 is 11.7 Å². The summed E-state index contributed by atoms with van der Waals surface area (Å²) < 4.78 is 0. The molecule has 0 bridgehead atoms. The maximum absolute atomic E-state index is 11.0. The third-order valence-electron chi connectivity index (χ3n) is 3.56. The first-order chi connectivity index (χ1) is 7.75. The molecule has 3 atom stereocenters. The molecule has 0 saturated carbocycles. The quantitative estimate of drug-likeness (QED) is 0.658. The monoisotopic (exact) mass is 218 g/mol. The highest BCUT2D eigenvalue weighted by Crippen LogP contribution is 2.40. The number of hydrogen-bond acceptors (Lipinski definition) is 3. The first kappa shape index (κ1) is 9.66. The molecule has 84 valence electrons. The summed E-state index contributed by atoms with van der Waals surface area (Å²) in [6.45, 7) is 0.719. The van der Waals surface area contributed by atoms with E-state index in [4.69, 9.17) is 5.11 Å². The Kier molecular flexibility index (Phi) is 2.11. The van der Waals surface area contributed by atoms with E-state index in [-0.39, 0.29) is 0 Å². The van der Waals surface area contributed by atoms with Gasteiger partial charge in [-0.1, -0.05) is 18.2 Å². The van der Waals surface area contributed by atoms with Gasteiger partial charge >= 0.3 is 5.97 Å². The molecule has 2 heterocycles. The lowest BCUT2D eigenvalue weighted by Gasteiger charge is -2.30. The smallest absolute Gasteiger partial charge is 0.320 e. The van der Waals surface area contributed by atoms with Gasteiger partial charge in [0.05, 0.1) is 0 Å². The Morgan fingerprint density at radius 2 is 2.19 bits per heavy atom. The summed E-state index contributed by atoms with van der Waals surface area (Å²) in [6.07, 6.45) is 0.671. The summed E-state index contributed by atoms with van der Waals surface area (Å²) in [4.78, 5) is 11.0. The minimum atomic E-state index is -0.747. The van der Waals surface area contributed by atoms with E-state index >= 15 is 0 Å². The van der Waals surface area contributed by atoms with E-state index in [1.54, 1.807) is 0 Å². The van der Waals surface area contributed by atoms with Crippen LogP contribution in [0.2, 0.25) is 0 Å². The highest BCUT2D eigenvalue weighted by atomic mass is 16.4. The van der Waals surface area contributed by atoms with Crippen molar-refractivity contribution in [2.75, 3.05) is 11.9 Å². The summed E-state index contributed by atoms with van der Waals surface area (Å²) >= 11 is 0. The molecule has 2 aliphatic heterocycles. The largest absolute Gasteiger partial charge is 0.480 e. The van der Waals surface area contributed by atoms with Crippen LogP contribution in [0.4, 0.5) is 5.69 Å². The molecule has 1 aromatic carbocycles. The number of carbonyl (C=O) groups is 1. The fraction of sp³-hybridized carbons (Fsp3) is 0.417. The molecule has 1 aromatic rings. The Morgan fingerprint density at radius 1 is 1.38 bits per heavy atom. The van der Waals surface area contributed by atoms with Gasteiger partial charge in [0.25, 0.3) is 0 Å². The van der Waals surface area contributed by atoms with Crippen molar-refractivity contribution in [1.82, 2.24) is 5.32 Å². The van der Waals surface area contributed by atoms with E-state index in [0.29, 0.717) is 18.4 Å². The van der Waals surface area contributed by atoms with Crippen molar-refractivity contribution in [2.24, 2.45) is 0 Å². The molecule has 0 aromatic heterocycles. The molecule has 0 unspecified atom stereocenters. The number of carboxylic acid groups (broad SMARTS) is 1. The average molecular weight is 218 g/mol. The molecule has 3 N–H and O–H groups in total. The van der Waals surface area contributed by atoms with Crippen molar-refractivity contribution < 1.29 is 9.90 Å². The standard InChI is InChI=1S/C12H14N2O2/c15-12(16)10-5-8-7-3-1-2-4-9(7)14-11(8)6-13-10/h1-4,8,10-11,13-14H,5-6H2,(H,15,16)/t8-,10-,11+/m0/s1. The zero-order chi connectivity index (χ0) is 11.1. The van der Waals surface area contributed by atoms with E-state index in [2.05, 4.69) is 22.8 Å². The van der Waals surface area contributed by atoms with Crippen LogP contribution in [0.3, 0.4) is 0 Å². The Hall–Kier alpha value is -1.55. The maximum atomic E-state index is 11.0. The number of nitrogens with one attached hydrogen (secondary N) is 2. The van der Waals surface area contributed by atoms with Gasteiger partial charge in [-0.25, -0.2) is 0 Å². The third kappa shape index (κ3) is 1.38. The number of benzene rings is 1. The van der Waals surface area contributed by atoms with E-state index in [1.165, 1.54) is 5.56 Å². The van der Waals surface area contributed by atoms with Gasteiger partial charge in [-0.3, -0.25) is 4.79 Å². The van der Waals surface area contributed by atoms with Crippen molar-refractivity contribution in [1.29, 1.82) is 0 Å². The van der Waals surface area contributed by atoms with Gasteiger partial charge in [-0.05, 0) is 18.1 Å². The molecule has 2 aliphatic rings. The van der Waals surface area contributed by atoms with E-state index in [1.807, 2.05) is 12.1 Å². The van der Waals surface area contributed by atoms with Crippen molar-refractivity contribution in [3.05, 3.63) is 29.8 Å². The number of rotatable bonds is 1. The molecule has 1 saturated heterocycles. The summed E-state index contributed by atoms with van der Waals surface area (Å²) in [6, 6.07) is 8.11. The van der Waals surface area contributed by atoms with Crippen molar-refractivity contribution in [2.45, 2.75) is 24.4 Å². The van der Waals surface area contributed by atoms with Crippen molar-refractivity contribution in [3.63, 3.8) is 0 Å². The summed E-state index contributed by atoms with van der Waals surface area (Å²) in [5, 5.41) is 15.5. The van der Waals surface area contributed by atoms with Crippen LogP contribution in [0.1, 0.15) is 17.9 Å². The zero-order valence-corrected chi connectivity index (χ0v) is 8.81. The molecular weight excluding hydrogens is 204 g/mol. The number of anilines is 1. The average Bonchev–Trinajstić information content (AvgIpc) is 2.66. The minimum Gasteiger partial charge on any atom is -0.480 e. The second-order valence-electron chi connectivity index (χ2n) is 4.48. The second-order valence-corrected chi connectivity index (χ2v) is 4.48. The molecule has 4 heteroatoms. The predicted molar refractivity (Wildman–Crippen MR) is 60.6 cm³/mol. The lowest BCUT2D eigenvalue weighted by atomic mass is 9.85. The van der Waals surface area contributed by atoms with Gasteiger partial charge in [-0.15, -0.1) is 0 Å². The van der Waals surface area contributed by atoms with Gasteiger partial charge in [0.1, 0.15) is 6.04 Å². The predicted octanol–water partition coefficient (Wildman–Crippen LogP) is 1.01. The Bertz CT molecular complexity index is 433. The van der Waals surface area contributed by atoms with Gasteiger partial charge in [0.15, 0.2) is 0 Å². The summed E-state index contributed by atoms with van der Waals surface area (Å²) in [5.74, 6) is -0.415. The topological polar surface area (TPSA) is 61.4 Å². The van der Waals surface area contributed by atoms with Crippen LogP contribution >= 0.6 is 0 Å². The molecule has 16 heavy (non-hydrogen) atoms. The second kappa shape index (κ2) is 3.49. The molecule has 4 nitrogen and oxygen atoms in total. The van der Waals surface area contributed by atoms with E-state index < -0.39 is 12.0 Å². The lowest BCUT2D eigenvalue weighted by molar-refractivity contribution is -0.140. The molecular formula is C12H14N2O2. The van der Waals surface area contributed by atoms with E-state index in [9.17, 15) is 4.79 Å². The molecule has 0 aliphatic carbocycles. The first-order valence-corrected chi connectivity index (χ1v) is 5.57. The van der Waals surface area contributed by atoms with Crippen molar-refractivity contribution in [3.8, 4) is 0 Å². The Labute approximate surface area is 93.7 Å². The third-order valence-corrected chi connectivity index (χ3v) is 3.56. The minimum absolute atomic E-state index is 0.332. The van der Waals surface area contributed by atoms with Crippen LogP contribution < -0.4 is 10.6 Å². The number of hydrogen-bond donors (Lipinski definition) is 3. The lowest BCUT2D eigenvalue weighted by Crippen LogP contribution is -2.50. The number of aliphatic carboxylic acids is 1. The van der Waals surface area contributed by atoms with Crippen LogP contribution in [-0.2, 0) is 4.79 Å². The molecule has 1 fully saturated rings. The molecule has 3 rings (SSSR count). The van der Waals surface area contributed by atoms with Crippen LogP contribution in [0.5, 0.6) is 0 Å². The number of para-hydroxylation sites is 1. The number of piperidine rings is 1. The van der Waals surface area contributed by atoms with Crippen LogP contribution in [0.15, 0.2) is 24.3 Å². The highest BCUT2D eigenvalue weighted by Gasteiger charge is 2.39. The van der Waals surface area contributed by atoms with Gasteiger partial charge in [0, 0.05) is 24.2 Å². The molecule has 0 amide bonds. The summed E-state index contributed by atoms with van der Waals surface area (Å²) in [7, 11) is 0. The Morgan fingerprint density at radius 3 is 3.00 bits per heavy atom. The van der Waals surface area contributed by atoms with E-state index in [0.717, 1.165) is 12.2 Å². The SMILES string of the molecule is O=C(O)[C@@H]1C[C@H]2c3ccccc3N[C@@H]2CN1. The zero-order valence-electron chi connectivity index (χ0n) is 8.81. The molecule has 0 spiro atoms. The Balaban J connectivity index is 1.89. The van der Waals surface area contributed by atoms with Gasteiger partial charge in [0.2, 0.25) is 0 Å². The molecule has 0 radical (unpaired) electrons.